The third-order valence-corrected chi connectivity index (χ3v) is 5.20. The van der Waals surface area contributed by atoms with E-state index in [-0.39, 0.29) is 0 Å². The van der Waals surface area contributed by atoms with Crippen molar-refractivity contribution in [2.75, 3.05) is 7.11 Å². The smallest absolute Gasteiger partial charge is 0.209 e. The number of rotatable bonds is 5. The zero-order chi connectivity index (χ0) is 15.4. The molecule has 2 aromatic rings. The Balaban J connectivity index is 1.72. The van der Waals surface area contributed by atoms with Gasteiger partial charge in [-0.2, -0.15) is 0 Å². The van der Waals surface area contributed by atoms with E-state index in [9.17, 15) is 0 Å². The predicted octanol–water partition coefficient (Wildman–Crippen LogP) is 4.13. The molecular weight excluding hydrogens is 320 g/mol. The summed E-state index contributed by atoms with van der Waals surface area (Å²) < 4.78 is 7.37. The summed E-state index contributed by atoms with van der Waals surface area (Å²) in [5.74, 6) is 1.57. The zero-order valence-electron chi connectivity index (χ0n) is 12.5. The topological polar surface area (TPSA) is 52.8 Å². The molecular formula is C15H19ClN4OS. The van der Waals surface area contributed by atoms with Gasteiger partial charge in [-0.15, -0.1) is 5.10 Å². The van der Waals surface area contributed by atoms with Crippen LogP contribution in [0.5, 0.6) is 5.75 Å². The van der Waals surface area contributed by atoms with Gasteiger partial charge in [0.1, 0.15) is 5.75 Å². The van der Waals surface area contributed by atoms with Crippen LogP contribution in [0, 0.1) is 0 Å². The number of hydrogen-bond acceptors (Lipinski definition) is 5. The zero-order valence-corrected chi connectivity index (χ0v) is 14.1. The summed E-state index contributed by atoms with van der Waals surface area (Å²) in [5.41, 5.74) is 1.05. The van der Waals surface area contributed by atoms with Crippen LogP contribution in [-0.4, -0.2) is 27.3 Å². The van der Waals surface area contributed by atoms with Crippen LogP contribution < -0.4 is 4.74 Å². The Kier molecular flexibility index (Phi) is 5.20. The molecule has 1 fully saturated rings. The van der Waals surface area contributed by atoms with E-state index in [1.807, 2.05) is 22.9 Å². The van der Waals surface area contributed by atoms with Crippen molar-refractivity contribution in [3.05, 3.63) is 28.8 Å². The van der Waals surface area contributed by atoms with Gasteiger partial charge in [-0.1, -0.05) is 42.6 Å². The van der Waals surface area contributed by atoms with Gasteiger partial charge in [-0.3, -0.25) is 0 Å². The lowest BCUT2D eigenvalue weighted by Gasteiger charge is -2.22. The fourth-order valence-corrected chi connectivity index (χ4v) is 3.95. The summed E-state index contributed by atoms with van der Waals surface area (Å²) in [7, 11) is 1.67. The number of hydrogen-bond donors (Lipinski definition) is 0. The van der Waals surface area contributed by atoms with Crippen molar-refractivity contribution in [1.82, 2.24) is 20.2 Å². The van der Waals surface area contributed by atoms with Crippen LogP contribution in [0.15, 0.2) is 23.4 Å². The van der Waals surface area contributed by atoms with Crippen LogP contribution in [0.4, 0.5) is 0 Å². The molecule has 0 saturated heterocycles. The summed E-state index contributed by atoms with van der Waals surface area (Å²) in [6, 6.07) is 6.10. The summed E-state index contributed by atoms with van der Waals surface area (Å²) in [4.78, 5) is 0. The van der Waals surface area contributed by atoms with E-state index in [0.29, 0.717) is 11.1 Å². The Labute approximate surface area is 139 Å². The number of tetrazole rings is 1. The highest BCUT2D eigenvalue weighted by atomic mass is 35.5. The first kappa shape index (κ1) is 15.6. The molecule has 118 valence electrons. The maximum Gasteiger partial charge on any atom is 0.209 e. The molecule has 0 atom stereocenters. The van der Waals surface area contributed by atoms with Gasteiger partial charge in [-0.05, 0) is 41.5 Å². The van der Waals surface area contributed by atoms with Gasteiger partial charge in [0.2, 0.25) is 5.16 Å². The molecule has 1 aromatic carbocycles. The number of thioether (sulfide) groups is 1. The molecule has 0 amide bonds. The van der Waals surface area contributed by atoms with E-state index in [1.54, 1.807) is 18.9 Å². The number of halogens is 1. The summed E-state index contributed by atoms with van der Waals surface area (Å²) in [6.07, 6.45) is 6.17. The van der Waals surface area contributed by atoms with E-state index < -0.39 is 0 Å². The second-order valence-corrected chi connectivity index (χ2v) is 6.82. The quantitative estimate of drug-likeness (QED) is 0.767. The molecule has 7 heteroatoms. The third kappa shape index (κ3) is 3.55. The van der Waals surface area contributed by atoms with Crippen LogP contribution in [0.3, 0.4) is 0 Å². The van der Waals surface area contributed by atoms with Crippen molar-refractivity contribution in [2.45, 2.75) is 49.1 Å². The monoisotopic (exact) mass is 338 g/mol. The SMILES string of the molecule is COc1ccc(Cl)cc1CSc1nnnn1C1CCCCC1. The van der Waals surface area contributed by atoms with Gasteiger partial charge in [0.15, 0.2) is 0 Å². The normalized spacial score (nSPS) is 15.9. The Hall–Kier alpha value is -1.27. The van der Waals surface area contributed by atoms with Crippen molar-refractivity contribution in [3.63, 3.8) is 0 Å². The summed E-state index contributed by atoms with van der Waals surface area (Å²) in [6.45, 7) is 0. The highest BCUT2D eigenvalue weighted by Crippen LogP contribution is 2.33. The molecule has 1 heterocycles. The highest BCUT2D eigenvalue weighted by Gasteiger charge is 2.20. The molecule has 0 spiro atoms. The first-order chi connectivity index (χ1) is 10.8. The van der Waals surface area contributed by atoms with Crippen molar-refractivity contribution in [3.8, 4) is 5.75 Å². The van der Waals surface area contributed by atoms with Crippen molar-refractivity contribution < 1.29 is 4.74 Å². The number of aromatic nitrogens is 4. The Morgan fingerprint density at radius 1 is 1.32 bits per heavy atom. The van der Waals surface area contributed by atoms with Crippen LogP contribution in [0.2, 0.25) is 5.02 Å². The minimum Gasteiger partial charge on any atom is -0.496 e. The number of methoxy groups -OCH3 is 1. The van der Waals surface area contributed by atoms with Gasteiger partial charge in [0.25, 0.3) is 0 Å². The average molecular weight is 339 g/mol. The minimum atomic E-state index is 0.438. The Morgan fingerprint density at radius 3 is 2.91 bits per heavy atom. The molecule has 1 aliphatic rings. The molecule has 1 aromatic heterocycles. The molecule has 22 heavy (non-hydrogen) atoms. The summed E-state index contributed by atoms with van der Waals surface area (Å²) in [5, 5.41) is 13.8. The van der Waals surface area contributed by atoms with Crippen molar-refractivity contribution >= 4 is 23.4 Å². The van der Waals surface area contributed by atoms with Crippen molar-refractivity contribution in [2.24, 2.45) is 0 Å². The lowest BCUT2D eigenvalue weighted by Crippen LogP contribution is -2.15. The van der Waals surface area contributed by atoms with E-state index in [1.165, 1.54) is 32.1 Å². The Morgan fingerprint density at radius 2 is 2.14 bits per heavy atom. The number of nitrogens with zero attached hydrogens (tertiary/aromatic N) is 4. The molecule has 0 unspecified atom stereocenters. The van der Waals surface area contributed by atoms with Gasteiger partial charge >= 0.3 is 0 Å². The largest absolute Gasteiger partial charge is 0.496 e. The van der Waals surface area contributed by atoms with Gasteiger partial charge in [0.05, 0.1) is 13.2 Å². The third-order valence-electron chi connectivity index (χ3n) is 3.98. The molecule has 3 rings (SSSR count). The molecule has 0 bridgehead atoms. The van der Waals surface area contributed by atoms with E-state index in [4.69, 9.17) is 16.3 Å². The first-order valence-electron chi connectivity index (χ1n) is 7.51. The van der Waals surface area contributed by atoms with Gasteiger partial charge < -0.3 is 4.74 Å². The minimum absolute atomic E-state index is 0.438. The van der Waals surface area contributed by atoms with Crippen LogP contribution in [0.25, 0.3) is 0 Å². The maximum absolute atomic E-state index is 6.08. The van der Waals surface area contributed by atoms with Crippen LogP contribution >= 0.6 is 23.4 Å². The standard InChI is InChI=1S/C15H19ClN4OS/c1-21-14-8-7-12(16)9-11(14)10-22-15-17-18-19-20(15)13-5-3-2-4-6-13/h7-9,13H,2-6,10H2,1H3. The lowest BCUT2D eigenvalue weighted by atomic mass is 9.96. The van der Waals surface area contributed by atoms with E-state index in [0.717, 1.165) is 22.2 Å². The lowest BCUT2D eigenvalue weighted by molar-refractivity contribution is 0.307. The Bertz CT molecular complexity index is 628. The molecule has 0 aliphatic heterocycles. The number of benzene rings is 1. The molecule has 0 N–H and O–H groups in total. The van der Waals surface area contributed by atoms with Gasteiger partial charge in [0, 0.05) is 16.3 Å². The molecule has 1 saturated carbocycles. The fraction of sp³-hybridized carbons (Fsp3) is 0.533. The number of ether oxygens (including phenoxy) is 1. The van der Waals surface area contributed by atoms with Gasteiger partial charge in [-0.25, -0.2) is 4.68 Å². The average Bonchev–Trinajstić information content (AvgIpc) is 3.02. The second kappa shape index (κ2) is 7.33. The predicted molar refractivity (Wildman–Crippen MR) is 87.5 cm³/mol. The maximum atomic E-state index is 6.08. The first-order valence-corrected chi connectivity index (χ1v) is 8.87. The highest BCUT2D eigenvalue weighted by molar-refractivity contribution is 7.98. The van der Waals surface area contributed by atoms with E-state index in [2.05, 4.69) is 15.5 Å². The fourth-order valence-electron chi connectivity index (χ4n) is 2.84. The van der Waals surface area contributed by atoms with E-state index >= 15 is 0 Å². The molecule has 1 aliphatic carbocycles. The second-order valence-electron chi connectivity index (χ2n) is 5.44. The summed E-state index contributed by atoms with van der Waals surface area (Å²) >= 11 is 7.70. The molecule has 0 radical (unpaired) electrons. The van der Waals surface area contributed by atoms with Crippen LogP contribution in [0.1, 0.15) is 43.7 Å². The van der Waals surface area contributed by atoms with Crippen molar-refractivity contribution in [1.29, 1.82) is 0 Å². The molecule has 5 nitrogen and oxygen atoms in total. The van der Waals surface area contributed by atoms with Crippen LogP contribution in [-0.2, 0) is 5.75 Å².